The highest BCUT2D eigenvalue weighted by Crippen LogP contribution is 2.45. The normalized spacial score (nSPS) is 11.6. The van der Waals surface area contributed by atoms with E-state index in [0.717, 1.165) is 17.1 Å². The minimum absolute atomic E-state index is 1.12. The van der Waals surface area contributed by atoms with Crippen molar-refractivity contribution in [2.24, 2.45) is 0 Å². The molecule has 0 bridgehead atoms. The topological polar surface area (TPSA) is 3.24 Å². The van der Waals surface area contributed by atoms with Crippen molar-refractivity contribution < 1.29 is 0 Å². The number of anilines is 3. The van der Waals surface area contributed by atoms with Gasteiger partial charge in [0.25, 0.3) is 0 Å². The van der Waals surface area contributed by atoms with E-state index in [0.29, 0.717) is 0 Å². The lowest BCUT2D eigenvalue weighted by molar-refractivity contribution is 1.30. The average Bonchev–Trinajstić information content (AvgIpc) is 3.58. The van der Waals surface area contributed by atoms with Crippen molar-refractivity contribution >= 4 is 80.9 Å². The van der Waals surface area contributed by atoms with Crippen LogP contribution in [0.1, 0.15) is 0 Å². The van der Waals surface area contributed by atoms with E-state index in [-0.39, 0.29) is 0 Å². The van der Waals surface area contributed by atoms with Crippen molar-refractivity contribution in [2.45, 2.75) is 0 Å². The summed E-state index contributed by atoms with van der Waals surface area (Å²) < 4.78 is 2.64. The van der Waals surface area contributed by atoms with Crippen LogP contribution in [0, 0.1) is 0 Å². The number of fused-ring (bicyclic) bond motifs is 8. The van der Waals surface area contributed by atoms with Crippen molar-refractivity contribution in [3.8, 4) is 22.3 Å². The van der Waals surface area contributed by atoms with Crippen LogP contribution >= 0.6 is 11.3 Å². The number of thiophene rings is 1. The van der Waals surface area contributed by atoms with Gasteiger partial charge in [-0.15, -0.1) is 11.3 Å². The van der Waals surface area contributed by atoms with Crippen LogP contribution in [0.5, 0.6) is 0 Å². The molecule has 0 amide bonds. The largest absolute Gasteiger partial charge is 0.310 e. The first-order valence-corrected chi connectivity index (χ1v) is 17.9. The Bertz CT molecular complexity index is 2870. The van der Waals surface area contributed by atoms with Gasteiger partial charge in [-0.3, -0.25) is 0 Å². The van der Waals surface area contributed by atoms with Crippen LogP contribution in [-0.2, 0) is 0 Å². The zero-order valence-corrected chi connectivity index (χ0v) is 28.1. The van der Waals surface area contributed by atoms with Gasteiger partial charge in [-0.1, -0.05) is 146 Å². The molecule has 1 aromatic heterocycles. The third-order valence-corrected chi connectivity index (χ3v) is 11.2. The van der Waals surface area contributed by atoms with Gasteiger partial charge in [0.05, 0.1) is 5.69 Å². The van der Waals surface area contributed by atoms with Crippen LogP contribution in [0.4, 0.5) is 17.1 Å². The van der Waals surface area contributed by atoms with Gasteiger partial charge in [-0.2, -0.15) is 0 Å². The van der Waals surface area contributed by atoms with E-state index in [1.165, 1.54) is 74.7 Å². The summed E-state index contributed by atoms with van der Waals surface area (Å²) in [5.74, 6) is 0. The smallest absolute Gasteiger partial charge is 0.0540 e. The first-order chi connectivity index (χ1) is 24.8. The van der Waals surface area contributed by atoms with Gasteiger partial charge in [0.1, 0.15) is 0 Å². The summed E-state index contributed by atoms with van der Waals surface area (Å²) in [6, 6.07) is 68.7. The van der Waals surface area contributed by atoms with Crippen molar-refractivity contribution in [3.05, 3.63) is 188 Å². The Kier molecular flexibility index (Phi) is 6.75. The molecule has 0 unspecified atom stereocenters. The van der Waals surface area contributed by atoms with Gasteiger partial charge in [0.15, 0.2) is 0 Å². The summed E-state index contributed by atoms with van der Waals surface area (Å²) in [7, 11) is 0. The third-order valence-electron chi connectivity index (χ3n) is 10.1. The van der Waals surface area contributed by atoms with Gasteiger partial charge in [0.2, 0.25) is 0 Å². The summed E-state index contributed by atoms with van der Waals surface area (Å²) in [5.41, 5.74) is 8.28. The van der Waals surface area contributed by atoms with E-state index < -0.39 is 0 Å². The molecule has 0 aliphatic carbocycles. The van der Waals surface area contributed by atoms with E-state index in [1.807, 2.05) is 11.3 Å². The Morgan fingerprint density at radius 3 is 1.86 bits per heavy atom. The molecule has 10 aromatic rings. The van der Waals surface area contributed by atoms with Gasteiger partial charge >= 0.3 is 0 Å². The summed E-state index contributed by atoms with van der Waals surface area (Å²) in [6.07, 6.45) is 0. The minimum atomic E-state index is 1.12. The van der Waals surface area contributed by atoms with Gasteiger partial charge in [-0.05, 0) is 91.6 Å². The lowest BCUT2D eigenvalue weighted by Crippen LogP contribution is -2.10. The molecule has 9 aromatic carbocycles. The van der Waals surface area contributed by atoms with Gasteiger partial charge < -0.3 is 4.90 Å². The molecule has 234 valence electrons. The van der Waals surface area contributed by atoms with Crippen molar-refractivity contribution in [1.29, 1.82) is 0 Å². The molecule has 1 nitrogen and oxygen atoms in total. The first-order valence-electron chi connectivity index (χ1n) is 17.1. The molecule has 0 saturated heterocycles. The predicted molar refractivity (Wildman–Crippen MR) is 217 cm³/mol. The fourth-order valence-electron chi connectivity index (χ4n) is 7.72. The predicted octanol–water partition coefficient (Wildman–Crippen LogP) is 14.3. The standard InChI is InChI=1S/C48H31NS/c1-2-11-32(12-3-1)33-23-26-36(27-24-33)49(45-20-9-19-40-42-28-25-34-13-4-5-16-38(34)41(42)29-30-43(40)45)37-15-8-14-35(31-37)39-18-10-22-47-48(39)44-17-6-7-21-46(44)50-47/h1-31H. The Hall–Kier alpha value is -6.22. The lowest BCUT2D eigenvalue weighted by atomic mass is 9.95. The van der Waals surface area contributed by atoms with E-state index >= 15 is 0 Å². The zero-order chi connectivity index (χ0) is 33.0. The molecule has 50 heavy (non-hydrogen) atoms. The second-order valence-electron chi connectivity index (χ2n) is 12.9. The Labute approximate surface area is 294 Å². The third kappa shape index (κ3) is 4.69. The van der Waals surface area contributed by atoms with Crippen LogP contribution in [0.2, 0.25) is 0 Å². The molecule has 2 heteroatoms. The number of hydrogen-bond acceptors (Lipinski definition) is 2. The maximum atomic E-state index is 2.43. The molecule has 0 aliphatic heterocycles. The minimum Gasteiger partial charge on any atom is -0.310 e. The molecule has 0 N–H and O–H groups in total. The fraction of sp³-hybridized carbons (Fsp3) is 0. The summed E-state index contributed by atoms with van der Waals surface area (Å²) >= 11 is 1.87. The molecular formula is C48H31NS. The molecule has 0 fully saturated rings. The van der Waals surface area contributed by atoms with Crippen LogP contribution in [-0.4, -0.2) is 0 Å². The van der Waals surface area contributed by atoms with Crippen molar-refractivity contribution in [3.63, 3.8) is 0 Å². The number of benzene rings is 9. The lowest BCUT2D eigenvalue weighted by Gasteiger charge is -2.28. The molecule has 1 heterocycles. The molecule has 0 atom stereocenters. The van der Waals surface area contributed by atoms with Crippen molar-refractivity contribution in [2.75, 3.05) is 4.90 Å². The van der Waals surface area contributed by atoms with Gasteiger partial charge in [0, 0.05) is 36.9 Å². The maximum Gasteiger partial charge on any atom is 0.0540 e. The monoisotopic (exact) mass is 653 g/mol. The fourth-order valence-corrected chi connectivity index (χ4v) is 8.86. The molecule has 0 radical (unpaired) electrons. The van der Waals surface area contributed by atoms with E-state index in [4.69, 9.17) is 0 Å². The number of rotatable bonds is 5. The Morgan fingerprint density at radius 2 is 0.960 bits per heavy atom. The van der Waals surface area contributed by atoms with Crippen LogP contribution < -0.4 is 4.90 Å². The highest BCUT2D eigenvalue weighted by atomic mass is 32.1. The molecule has 0 aliphatic rings. The molecular weight excluding hydrogens is 623 g/mol. The molecule has 0 spiro atoms. The van der Waals surface area contributed by atoms with E-state index in [2.05, 4.69) is 193 Å². The molecule has 10 rings (SSSR count). The second-order valence-corrected chi connectivity index (χ2v) is 14.0. The van der Waals surface area contributed by atoms with E-state index in [1.54, 1.807) is 0 Å². The molecule has 0 saturated carbocycles. The Balaban J connectivity index is 1.19. The maximum absolute atomic E-state index is 2.43. The summed E-state index contributed by atoms with van der Waals surface area (Å²) in [5, 5.41) is 10.2. The first kappa shape index (κ1) is 28.8. The SMILES string of the molecule is c1ccc(-c2ccc(N(c3cccc(-c4cccc5sc6ccccc6c45)c3)c3cccc4c3ccc3c5ccccc5ccc43)cc2)cc1. The second kappa shape index (κ2) is 11.7. The number of hydrogen-bond donors (Lipinski definition) is 0. The highest BCUT2D eigenvalue weighted by molar-refractivity contribution is 7.25. The highest BCUT2D eigenvalue weighted by Gasteiger charge is 2.19. The summed E-state index contributed by atoms with van der Waals surface area (Å²) in [4.78, 5) is 2.43. The Morgan fingerprint density at radius 1 is 0.340 bits per heavy atom. The van der Waals surface area contributed by atoms with Crippen molar-refractivity contribution in [1.82, 2.24) is 0 Å². The zero-order valence-electron chi connectivity index (χ0n) is 27.3. The van der Waals surface area contributed by atoms with E-state index in [9.17, 15) is 0 Å². The van der Waals surface area contributed by atoms with Crippen LogP contribution in [0.15, 0.2) is 188 Å². The van der Waals surface area contributed by atoms with Crippen LogP contribution in [0.3, 0.4) is 0 Å². The average molecular weight is 654 g/mol. The quantitative estimate of drug-likeness (QED) is 0.167. The number of nitrogens with zero attached hydrogens (tertiary/aromatic N) is 1. The van der Waals surface area contributed by atoms with Crippen LogP contribution in [0.25, 0.3) is 74.7 Å². The summed E-state index contributed by atoms with van der Waals surface area (Å²) in [6.45, 7) is 0. The van der Waals surface area contributed by atoms with Gasteiger partial charge in [-0.25, -0.2) is 0 Å².